The first-order chi connectivity index (χ1) is 5.37. The van der Waals surface area contributed by atoms with Gasteiger partial charge in [0.2, 0.25) is 0 Å². The van der Waals surface area contributed by atoms with E-state index in [1.807, 2.05) is 0 Å². The molecule has 60 valence electrons. The predicted octanol–water partition coefficient (Wildman–Crippen LogP) is 2.87. The SMILES string of the molecule is N#CC1CC12CCCCCC2. The average molecular weight is 149 g/mol. The topological polar surface area (TPSA) is 23.8 Å². The van der Waals surface area contributed by atoms with Gasteiger partial charge in [0.25, 0.3) is 0 Å². The molecule has 0 bridgehead atoms. The second kappa shape index (κ2) is 2.52. The highest BCUT2D eigenvalue weighted by Crippen LogP contribution is 2.60. The molecule has 2 rings (SSSR count). The van der Waals surface area contributed by atoms with Gasteiger partial charge in [-0.05, 0) is 24.7 Å². The summed E-state index contributed by atoms with van der Waals surface area (Å²) < 4.78 is 0. The fraction of sp³-hybridized carbons (Fsp3) is 0.900. The zero-order chi connectivity index (χ0) is 7.73. The molecule has 0 radical (unpaired) electrons. The Morgan fingerprint density at radius 1 is 1.09 bits per heavy atom. The monoisotopic (exact) mass is 149 g/mol. The summed E-state index contributed by atoms with van der Waals surface area (Å²) in [5.41, 5.74) is 0.519. The molecule has 0 amide bonds. The Labute approximate surface area is 68.4 Å². The maximum absolute atomic E-state index is 8.77. The smallest absolute Gasteiger partial charge is 0.0661 e. The molecule has 2 aliphatic carbocycles. The minimum absolute atomic E-state index is 0.431. The van der Waals surface area contributed by atoms with E-state index in [1.165, 1.54) is 44.9 Å². The van der Waals surface area contributed by atoms with Crippen LogP contribution in [0.5, 0.6) is 0 Å². The molecular weight excluding hydrogens is 134 g/mol. The van der Waals surface area contributed by atoms with Gasteiger partial charge in [-0.1, -0.05) is 25.7 Å². The van der Waals surface area contributed by atoms with Crippen LogP contribution in [0.3, 0.4) is 0 Å². The van der Waals surface area contributed by atoms with Crippen molar-refractivity contribution in [3.8, 4) is 6.07 Å². The van der Waals surface area contributed by atoms with Crippen molar-refractivity contribution < 1.29 is 0 Å². The van der Waals surface area contributed by atoms with Crippen LogP contribution in [0.15, 0.2) is 0 Å². The van der Waals surface area contributed by atoms with Gasteiger partial charge in [-0.2, -0.15) is 5.26 Å². The molecule has 0 aliphatic heterocycles. The van der Waals surface area contributed by atoms with Crippen molar-refractivity contribution in [2.24, 2.45) is 11.3 Å². The Balaban J connectivity index is 1.98. The van der Waals surface area contributed by atoms with E-state index < -0.39 is 0 Å². The molecule has 1 nitrogen and oxygen atoms in total. The van der Waals surface area contributed by atoms with Gasteiger partial charge in [-0.15, -0.1) is 0 Å². The number of nitrogens with zero attached hydrogens (tertiary/aromatic N) is 1. The van der Waals surface area contributed by atoms with Crippen LogP contribution in [-0.2, 0) is 0 Å². The normalized spacial score (nSPS) is 34.3. The van der Waals surface area contributed by atoms with E-state index in [-0.39, 0.29) is 0 Å². The third-order valence-electron chi connectivity index (χ3n) is 3.44. The van der Waals surface area contributed by atoms with E-state index in [0.717, 1.165) is 0 Å². The van der Waals surface area contributed by atoms with Gasteiger partial charge in [0.15, 0.2) is 0 Å². The van der Waals surface area contributed by atoms with Crippen molar-refractivity contribution in [3.05, 3.63) is 0 Å². The van der Waals surface area contributed by atoms with Crippen molar-refractivity contribution in [3.63, 3.8) is 0 Å². The highest BCUT2D eigenvalue weighted by atomic mass is 14.6. The first-order valence-corrected chi connectivity index (χ1v) is 4.77. The molecule has 0 heterocycles. The lowest BCUT2D eigenvalue weighted by Gasteiger charge is -2.09. The van der Waals surface area contributed by atoms with E-state index in [0.29, 0.717) is 11.3 Å². The van der Waals surface area contributed by atoms with Crippen molar-refractivity contribution in [1.29, 1.82) is 5.26 Å². The molecule has 11 heavy (non-hydrogen) atoms. The summed E-state index contributed by atoms with van der Waals surface area (Å²) in [6.07, 6.45) is 9.44. The summed E-state index contributed by atoms with van der Waals surface area (Å²) in [5, 5.41) is 8.77. The van der Waals surface area contributed by atoms with E-state index in [9.17, 15) is 0 Å². The van der Waals surface area contributed by atoms with Crippen LogP contribution in [0.2, 0.25) is 0 Å². The fourth-order valence-electron chi connectivity index (χ4n) is 2.52. The van der Waals surface area contributed by atoms with Crippen LogP contribution in [-0.4, -0.2) is 0 Å². The van der Waals surface area contributed by atoms with Crippen molar-refractivity contribution in [1.82, 2.24) is 0 Å². The zero-order valence-electron chi connectivity index (χ0n) is 6.97. The summed E-state index contributed by atoms with van der Waals surface area (Å²) in [5.74, 6) is 0.431. The Kier molecular flexibility index (Phi) is 1.64. The van der Waals surface area contributed by atoms with Crippen molar-refractivity contribution in [2.75, 3.05) is 0 Å². The molecule has 1 heteroatoms. The standard InChI is InChI=1S/C10H15N/c11-8-9-7-10(9)5-3-1-2-4-6-10/h9H,1-7H2. The van der Waals surface area contributed by atoms with E-state index in [4.69, 9.17) is 5.26 Å². The van der Waals surface area contributed by atoms with Crippen LogP contribution in [0.1, 0.15) is 44.9 Å². The number of hydrogen-bond acceptors (Lipinski definition) is 1. The van der Waals surface area contributed by atoms with Gasteiger partial charge < -0.3 is 0 Å². The first-order valence-electron chi connectivity index (χ1n) is 4.77. The average Bonchev–Trinajstić information content (AvgIpc) is 2.76. The molecule has 2 saturated carbocycles. The highest BCUT2D eigenvalue weighted by Gasteiger charge is 2.53. The molecule has 0 aromatic rings. The molecule has 0 aromatic heterocycles. The van der Waals surface area contributed by atoms with E-state index in [1.54, 1.807) is 0 Å². The minimum atomic E-state index is 0.431. The summed E-state index contributed by atoms with van der Waals surface area (Å²) in [6.45, 7) is 0. The largest absolute Gasteiger partial charge is 0.198 e. The van der Waals surface area contributed by atoms with Gasteiger partial charge in [0, 0.05) is 0 Å². The van der Waals surface area contributed by atoms with Crippen LogP contribution >= 0.6 is 0 Å². The number of rotatable bonds is 0. The Hall–Kier alpha value is -0.510. The van der Waals surface area contributed by atoms with Gasteiger partial charge in [0.05, 0.1) is 12.0 Å². The van der Waals surface area contributed by atoms with Gasteiger partial charge >= 0.3 is 0 Å². The highest BCUT2D eigenvalue weighted by molar-refractivity contribution is 5.12. The zero-order valence-corrected chi connectivity index (χ0v) is 6.97. The quantitative estimate of drug-likeness (QED) is 0.519. The molecule has 2 fully saturated rings. The lowest BCUT2D eigenvalue weighted by atomic mass is 9.94. The van der Waals surface area contributed by atoms with E-state index in [2.05, 4.69) is 6.07 Å². The summed E-state index contributed by atoms with van der Waals surface area (Å²) >= 11 is 0. The Bertz CT molecular complexity index is 182. The maximum atomic E-state index is 8.77. The maximum Gasteiger partial charge on any atom is 0.0661 e. The van der Waals surface area contributed by atoms with Crippen molar-refractivity contribution in [2.45, 2.75) is 44.9 Å². The summed E-state index contributed by atoms with van der Waals surface area (Å²) in [4.78, 5) is 0. The minimum Gasteiger partial charge on any atom is -0.198 e. The third kappa shape index (κ3) is 1.15. The summed E-state index contributed by atoms with van der Waals surface area (Å²) in [6, 6.07) is 2.43. The van der Waals surface area contributed by atoms with Crippen LogP contribution < -0.4 is 0 Å². The lowest BCUT2D eigenvalue weighted by molar-refractivity contribution is 0.417. The Morgan fingerprint density at radius 2 is 1.73 bits per heavy atom. The van der Waals surface area contributed by atoms with Gasteiger partial charge in [-0.3, -0.25) is 0 Å². The van der Waals surface area contributed by atoms with Crippen LogP contribution in [0.25, 0.3) is 0 Å². The molecule has 0 N–H and O–H groups in total. The number of nitriles is 1. The number of hydrogen-bond donors (Lipinski definition) is 0. The fourth-order valence-corrected chi connectivity index (χ4v) is 2.52. The van der Waals surface area contributed by atoms with Crippen molar-refractivity contribution >= 4 is 0 Å². The molecular formula is C10H15N. The predicted molar refractivity (Wildman–Crippen MR) is 43.9 cm³/mol. The lowest BCUT2D eigenvalue weighted by Crippen LogP contribution is -2.00. The molecule has 1 atom stereocenters. The molecule has 0 aromatic carbocycles. The van der Waals surface area contributed by atoms with Gasteiger partial charge in [-0.25, -0.2) is 0 Å². The van der Waals surface area contributed by atoms with Crippen LogP contribution in [0.4, 0.5) is 0 Å². The molecule has 2 aliphatic rings. The second-order valence-electron chi connectivity index (χ2n) is 4.16. The Morgan fingerprint density at radius 3 is 2.18 bits per heavy atom. The second-order valence-corrected chi connectivity index (χ2v) is 4.16. The van der Waals surface area contributed by atoms with E-state index >= 15 is 0 Å². The van der Waals surface area contributed by atoms with Crippen LogP contribution in [0, 0.1) is 22.7 Å². The molecule has 0 saturated heterocycles. The molecule has 1 unspecified atom stereocenters. The summed E-state index contributed by atoms with van der Waals surface area (Å²) in [7, 11) is 0. The first kappa shape index (κ1) is 7.16. The van der Waals surface area contributed by atoms with Gasteiger partial charge in [0.1, 0.15) is 0 Å². The molecule has 1 spiro atoms. The third-order valence-corrected chi connectivity index (χ3v) is 3.44.